The van der Waals surface area contributed by atoms with E-state index in [4.69, 9.17) is 0 Å². The van der Waals surface area contributed by atoms with Crippen molar-refractivity contribution >= 4 is 51.2 Å². The molecule has 0 radical (unpaired) electrons. The van der Waals surface area contributed by atoms with E-state index in [0.29, 0.717) is 18.7 Å². The number of carboxylic acid groups (broad SMARTS) is 2. The summed E-state index contributed by atoms with van der Waals surface area (Å²) in [5, 5.41) is 36.6. The van der Waals surface area contributed by atoms with E-state index in [9.17, 15) is 52.2 Å². The minimum Gasteiger partial charge on any atom is -0.481 e. The fourth-order valence-electron chi connectivity index (χ4n) is 4.00. The maximum absolute atomic E-state index is 12.3. The molecule has 1 rings (SSSR count). The van der Waals surface area contributed by atoms with Crippen molar-refractivity contribution < 1.29 is 52.2 Å². The average Bonchev–Trinajstić information content (AvgIpc) is 3.48. The molecule has 2 unspecified atom stereocenters. The summed E-state index contributed by atoms with van der Waals surface area (Å²) in [6, 6.07) is -1.29. The molecule has 1 aromatic rings. The monoisotopic (exact) mass is 659 g/mol. The number of hydrogen-bond acceptors (Lipinski definition) is 12. The van der Waals surface area contributed by atoms with Crippen molar-refractivity contribution in [2.75, 3.05) is 12.3 Å². The Hall–Kier alpha value is -4.29. The molecule has 2 atom stereocenters. The lowest BCUT2D eigenvalue weighted by Crippen LogP contribution is -2.41. The van der Waals surface area contributed by atoms with Crippen LogP contribution in [0.4, 0.5) is 0 Å². The van der Waals surface area contributed by atoms with Gasteiger partial charge in [0.1, 0.15) is 17.6 Å². The number of carbonyl (C=O) groups is 7. The van der Waals surface area contributed by atoms with Gasteiger partial charge in [-0.2, -0.15) is 5.21 Å². The molecule has 0 aliphatic rings. The standard InChI is InChI=1S/C26H41N7O11S/c1-2-18(34)11-12-20(26(41)42)28-23(37)13-10-17(25(39)40)16-19(35)6-4-14-27-22(36)9-5-15-45(43,44)31-24(38)8-3-7-21-29-32-33-30-21/h17,20H,2-16H2,1H3,(H,27,36)(H,28,37)(H,31,38)(H,39,40)(H,41,42)(H,29,30,32,33). The van der Waals surface area contributed by atoms with Crippen LogP contribution in [0.1, 0.15) is 89.8 Å². The number of tetrazole rings is 1. The van der Waals surface area contributed by atoms with Gasteiger partial charge in [0.05, 0.1) is 11.7 Å². The van der Waals surface area contributed by atoms with Gasteiger partial charge in [-0.1, -0.05) is 12.1 Å². The smallest absolute Gasteiger partial charge is 0.326 e. The number of aromatic amines is 1. The zero-order chi connectivity index (χ0) is 33.8. The number of H-pyrrole nitrogens is 1. The number of aliphatic carboxylic acids is 2. The van der Waals surface area contributed by atoms with Crippen molar-refractivity contribution in [2.24, 2.45) is 5.92 Å². The third kappa shape index (κ3) is 18.2. The highest BCUT2D eigenvalue weighted by atomic mass is 32.2. The Kier molecular flexibility index (Phi) is 17.8. The van der Waals surface area contributed by atoms with Crippen molar-refractivity contribution in [1.82, 2.24) is 36.0 Å². The van der Waals surface area contributed by atoms with Crippen LogP contribution in [0, 0.1) is 5.92 Å². The molecule has 0 fully saturated rings. The van der Waals surface area contributed by atoms with Crippen LogP contribution in [0.25, 0.3) is 0 Å². The summed E-state index contributed by atoms with van der Waals surface area (Å²) < 4.78 is 26.1. The molecule has 19 heteroatoms. The van der Waals surface area contributed by atoms with E-state index >= 15 is 0 Å². The average molecular weight is 660 g/mol. The summed E-state index contributed by atoms with van der Waals surface area (Å²) >= 11 is 0. The minimum atomic E-state index is -3.93. The minimum absolute atomic E-state index is 0.0200. The number of amides is 3. The van der Waals surface area contributed by atoms with Crippen LogP contribution >= 0.6 is 0 Å². The van der Waals surface area contributed by atoms with Crippen LogP contribution in [-0.4, -0.2) is 98.8 Å². The van der Waals surface area contributed by atoms with Crippen LogP contribution in [0.2, 0.25) is 0 Å². The quantitative estimate of drug-likeness (QED) is 0.0716. The van der Waals surface area contributed by atoms with Crippen molar-refractivity contribution in [3.8, 4) is 0 Å². The molecule has 0 aliphatic heterocycles. The van der Waals surface area contributed by atoms with E-state index in [1.165, 1.54) is 0 Å². The fourth-order valence-corrected chi connectivity index (χ4v) is 5.07. The van der Waals surface area contributed by atoms with Gasteiger partial charge in [0.25, 0.3) is 0 Å². The summed E-state index contributed by atoms with van der Waals surface area (Å²) in [6.07, 6.45) is -0.187. The highest BCUT2D eigenvalue weighted by Crippen LogP contribution is 2.15. The Morgan fingerprint density at radius 2 is 1.53 bits per heavy atom. The van der Waals surface area contributed by atoms with Gasteiger partial charge in [-0.3, -0.25) is 33.5 Å². The molecule has 252 valence electrons. The predicted octanol–water partition coefficient (Wildman–Crippen LogP) is -0.586. The van der Waals surface area contributed by atoms with Crippen LogP contribution in [0.5, 0.6) is 0 Å². The van der Waals surface area contributed by atoms with Crippen molar-refractivity contribution in [2.45, 2.75) is 96.4 Å². The summed E-state index contributed by atoms with van der Waals surface area (Å²) in [5.74, 6) is -6.24. The molecule has 18 nitrogen and oxygen atoms in total. The normalized spacial score (nSPS) is 12.5. The molecule has 0 bridgehead atoms. The number of aromatic nitrogens is 4. The number of aryl methyl sites for hydroxylation is 1. The number of rotatable bonds is 25. The number of hydrogen-bond donors (Lipinski definition) is 6. The highest BCUT2D eigenvalue weighted by molar-refractivity contribution is 7.90. The first kappa shape index (κ1) is 38.7. The molecule has 45 heavy (non-hydrogen) atoms. The third-order valence-electron chi connectivity index (χ3n) is 6.52. The van der Waals surface area contributed by atoms with Gasteiger partial charge < -0.3 is 20.8 Å². The van der Waals surface area contributed by atoms with Gasteiger partial charge in [0, 0.05) is 57.9 Å². The molecule has 6 N–H and O–H groups in total. The van der Waals surface area contributed by atoms with Crippen molar-refractivity contribution in [3.05, 3.63) is 5.82 Å². The van der Waals surface area contributed by atoms with E-state index < -0.39 is 63.2 Å². The van der Waals surface area contributed by atoms with Crippen LogP contribution in [0.3, 0.4) is 0 Å². The zero-order valence-electron chi connectivity index (χ0n) is 25.1. The second-order valence-corrected chi connectivity index (χ2v) is 12.1. The Morgan fingerprint density at radius 3 is 2.16 bits per heavy atom. The Balaban J connectivity index is 2.28. The van der Waals surface area contributed by atoms with Gasteiger partial charge >= 0.3 is 11.9 Å². The SMILES string of the molecule is CCC(=O)CCC(NC(=O)CCC(CC(=O)CCCNC(=O)CCCS(=O)(=O)NC(=O)CCCc1nn[nH]n1)C(=O)O)C(=O)O. The number of Topliss-reactive ketones (excluding diaryl/α,β-unsaturated/α-hetero) is 2. The molecule has 1 aromatic heterocycles. The predicted molar refractivity (Wildman–Crippen MR) is 155 cm³/mol. The fraction of sp³-hybridized carbons (Fsp3) is 0.692. The van der Waals surface area contributed by atoms with Gasteiger partial charge in [-0.25, -0.2) is 13.2 Å². The molecule has 0 saturated carbocycles. The maximum Gasteiger partial charge on any atom is 0.326 e. The zero-order valence-corrected chi connectivity index (χ0v) is 25.9. The maximum atomic E-state index is 12.3. The molecular formula is C26H41N7O11S. The van der Waals surface area contributed by atoms with Crippen molar-refractivity contribution in [1.29, 1.82) is 0 Å². The molecule has 0 spiro atoms. The van der Waals surface area contributed by atoms with Gasteiger partial charge in [0.15, 0.2) is 5.82 Å². The van der Waals surface area contributed by atoms with Gasteiger partial charge in [0.2, 0.25) is 27.7 Å². The van der Waals surface area contributed by atoms with E-state index in [1.54, 1.807) is 6.92 Å². The Morgan fingerprint density at radius 1 is 0.822 bits per heavy atom. The van der Waals surface area contributed by atoms with E-state index in [0.717, 1.165) is 0 Å². The largest absolute Gasteiger partial charge is 0.481 e. The lowest BCUT2D eigenvalue weighted by molar-refractivity contribution is -0.145. The topological polar surface area (TPSA) is 285 Å². The van der Waals surface area contributed by atoms with E-state index in [1.807, 2.05) is 4.72 Å². The molecule has 3 amide bonds. The Labute approximate surface area is 259 Å². The third-order valence-corrected chi connectivity index (χ3v) is 7.88. The van der Waals surface area contributed by atoms with Gasteiger partial charge in [-0.05, 0) is 32.1 Å². The summed E-state index contributed by atoms with van der Waals surface area (Å²) in [4.78, 5) is 82.7. The Bertz CT molecular complexity index is 1270. The number of nitrogens with one attached hydrogen (secondary N) is 4. The first-order chi connectivity index (χ1) is 21.2. The number of nitrogens with zero attached hydrogens (tertiary/aromatic N) is 3. The van der Waals surface area contributed by atoms with E-state index in [-0.39, 0.29) is 83.0 Å². The molecule has 0 aliphatic carbocycles. The number of carboxylic acids is 2. The van der Waals surface area contributed by atoms with Crippen molar-refractivity contribution in [3.63, 3.8) is 0 Å². The number of ketones is 2. The molecule has 0 saturated heterocycles. The highest BCUT2D eigenvalue weighted by Gasteiger charge is 2.25. The van der Waals surface area contributed by atoms with Crippen LogP contribution < -0.4 is 15.4 Å². The molecule has 1 heterocycles. The first-order valence-electron chi connectivity index (χ1n) is 14.5. The summed E-state index contributed by atoms with van der Waals surface area (Å²) in [7, 11) is -3.93. The number of sulfonamides is 1. The molecule has 0 aromatic carbocycles. The summed E-state index contributed by atoms with van der Waals surface area (Å²) in [5.41, 5.74) is 0. The first-order valence-corrected chi connectivity index (χ1v) is 16.2. The van der Waals surface area contributed by atoms with Crippen LogP contribution in [-0.2, 0) is 50.0 Å². The number of carbonyl (C=O) groups excluding carboxylic acids is 5. The second-order valence-electron chi connectivity index (χ2n) is 10.3. The second kappa shape index (κ2) is 20.6. The van der Waals surface area contributed by atoms with Gasteiger partial charge in [-0.15, -0.1) is 10.2 Å². The molecular weight excluding hydrogens is 618 g/mol. The summed E-state index contributed by atoms with van der Waals surface area (Å²) in [6.45, 7) is 1.72. The van der Waals surface area contributed by atoms with Crippen LogP contribution in [0.15, 0.2) is 0 Å². The lowest BCUT2D eigenvalue weighted by Gasteiger charge is -2.15. The lowest BCUT2D eigenvalue weighted by atomic mass is 9.95. The van der Waals surface area contributed by atoms with E-state index in [2.05, 4.69) is 31.3 Å².